The van der Waals surface area contributed by atoms with Gasteiger partial charge in [-0.05, 0) is 72.2 Å². The van der Waals surface area contributed by atoms with E-state index in [0.29, 0.717) is 24.1 Å². The van der Waals surface area contributed by atoms with Gasteiger partial charge in [0.1, 0.15) is 4.90 Å². The number of carbonyl (C=O) groups is 2. The van der Waals surface area contributed by atoms with Crippen molar-refractivity contribution >= 4 is 55.8 Å². The maximum absolute atomic E-state index is 15.4. The van der Waals surface area contributed by atoms with Gasteiger partial charge in [0, 0.05) is 22.3 Å². The number of sulfonamides is 1. The van der Waals surface area contributed by atoms with Crippen LogP contribution < -0.4 is 16.5 Å². The van der Waals surface area contributed by atoms with E-state index < -0.39 is 55.5 Å². The fourth-order valence-corrected chi connectivity index (χ4v) is 6.00. The predicted octanol–water partition coefficient (Wildman–Crippen LogP) is 3.35. The van der Waals surface area contributed by atoms with E-state index in [2.05, 4.69) is 40.0 Å². The summed E-state index contributed by atoms with van der Waals surface area (Å²) in [5.74, 6) is -5.68. The number of hydrogen-bond donors (Lipinski definition) is 3. The van der Waals surface area contributed by atoms with Gasteiger partial charge in [0.05, 0.1) is 23.8 Å². The lowest BCUT2D eigenvalue weighted by molar-refractivity contribution is -0.122. The fourth-order valence-electron chi connectivity index (χ4n) is 3.75. The van der Waals surface area contributed by atoms with E-state index in [9.17, 15) is 18.0 Å². The second-order valence-corrected chi connectivity index (χ2v) is 11.3. The molecule has 0 radical (unpaired) electrons. The molecule has 9 nitrogen and oxygen atoms in total. The van der Waals surface area contributed by atoms with Gasteiger partial charge in [0.15, 0.2) is 11.6 Å². The van der Waals surface area contributed by atoms with Crippen LogP contribution in [0.15, 0.2) is 41.8 Å². The average molecular weight is 634 g/mol. The minimum absolute atomic E-state index is 0.0149. The molecule has 13 heteroatoms. The molecular formula is C23H25F2IN4O5S. The first-order valence-electron chi connectivity index (χ1n) is 10.8. The number of carbonyl (C=O) groups excluding carboxylic acids is 2. The van der Waals surface area contributed by atoms with Crippen molar-refractivity contribution in [1.29, 1.82) is 0 Å². The number of nitrogens with two attached hydrogens (primary N) is 1. The van der Waals surface area contributed by atoms with Gasteiger partial charge >= 0.3 is 0 Å². The SMILES string of the molecule is C=CCONC(=O)c1cc(S(=O)(=O)N2CCCC(C(N)=O)C2)c(F)c(F)c1Nc1ccc(I)cc1C. The molecule has 36 heavy (non-hydrogen) atoms. The lowest BCUT2D eigenvalue weighted by Crippen LogP contribution is -2.44. The molecule has 0 saturated carbocycles. The number of aryl methyl sites for hydroxylation is 1. The maximum atomic E-state index is 15.4. The number of rotatable bonds is 9. The molecule has 1 fully saturated rings. The van der Waals surface area contributed by atoms with Crippen LogP contribution in [0.4, 0.5) is 20.2 Å². The van der Waals surface area contributed by atoms with Crippen molar-refractivity contribution < 1.29 is 31.6 Å². The van der Waals surface area contributed by atoms with Gasteiger partial charge in [0.25, 0.3) is 5.91 Å². The van der Waals surface area contributed by atoms with Gasteiger partial charge in [0.2, 0.25) is 15.9 Å². The normalized spacial score (nSPS) is 16.4. The van der Waals surface area contributed by atoms with Crippen molar-refractivity contribution in [2.45, 2.75) is 24.7 Å². The quantitative estimate of drug-likeness (QED) is 0.168. The zero-order chi connectivity index (χ0) is 26.6. The number of piperidine rings is 1. The Balaban J connectivity index is 2.11. The highest BCUT2D eigenvalue weighted by atomic mass is 127. The molecule has 2 aromatic carbocycles. The van der Waals surface area contributed by atoms with E-state index >= 15 is 8.78 Å². The molecule has 1 saturated heterocycles. The molecule has 0 aromatic heterocycles. The lowest BCUT2D eigenvalue weighted by atomic mass is 9.99. The Bertz CT molecular complexity index is 1310. The summed E-state index contributed by atoms with van der Waals surface area (Å²) in [7, 11) is -4.62. The number of primary amides is 1. The van der Waals surface area contributed by atoms with Gasteiger partial charge < -0.3 is 11.1 Å². The Hall–Kier alpha value is -2.62. The fraction of sp³-hybridized carbons (Fsp3) is 0.304. The number of nitrogens with one attached hydrogen (secondary N) is 2. The first-order valence-corrected chi connectivity index (χ1v) is 13.4. The number of hydroxylamine groups is 1. The molecule has 0 aliphatic carbocycles. The first-order chi connectivity index (χ1) is 17.0. The summed E-state index contributed by atoms with van der Waals surface area (Å²) in [5.41, 5.74) is 7.38. The maximum Gasteiger partial charge on any atom is 0.277 e. The van der Waals surface area contributed by atoms with Crippen LogP contribution in [0.2, 0.25) is 0 Å². The number of benzene rings is 2. The van der Waals surface area contributed by atoms with Crippen LogP contribution in [0.1, 0.15) is 28.8 Å². The second-order valence-electron chi connectivity index (χ2n) is 8.14. The van der Waals surface area contributed by atoms with Crippen molar-refractivity contribution in [3.8, 4) is 0 Å². The molecule has 1 heterocycles. The van der Waals surface area contributed by atoms with Gasteiger partial charge in [-0.1, -0.05) is 6.08 Å². The van der Waals surface area contributed by atoms with E-state index in [0.717, 1.165) is 13.9 Å². The van der Waals surface area contributed by atoms with Gasteiger partial charge in [-0.25, -0.2) is 22.7 Å². The third-order valence-electron chi connectivity index (χ3n) is 5.64. The number of amides is 2. The summed E-state index contributed by atoms with van der Waals surface area (Å²) < 4.78 is 59.1. The van der Waals surface area contributed by atoms with E-state index in [-0.39, 0.29) is 19.7 Å². The van der Waals surface area contributed by atoms with Gasteiger partial charge in [-0.3, -0.25) is 14.4 Å². The zero-order valence-corrected chi connectivity index (χ0v) is 22.3. The summed E-state index contributed by atoms with van der Waals surface area (Å²) in [6.45, 7) is 4.81. The molecular weight excluding hydrogens is 609 g/mol. The third-order valence-corrected chi connectivity index (χ3v) is 8.17. The molecule has 0 bridgehead atoms. The van der Waals surface area contributed by atoms with E-state index in [1.54, 1.807) is 25.1 Å². The minimum Gasteiger partial charge on any atom is -0.369 e. The molecule has 1 unspecified atom stereocenters. The van der Waals surface area contributed by atoms with E-state index in [1.165, 1.54) is 6.08 Å². The number of nitrogens with zero attached hydrogens (tertiary/aromatic N) is 1. The Labute approximate surface area is 221 Å². The highest BCUT2D eigenvalue weighted by molar-refractivity contribution is 14.1. The van der Waals surface area contributed by atoms with Crippen molar-refractivity contribution in [1.82, 2.24) is 9.79 Å². The summed E-state index contributed by atoms with van der Waals surface area (Å²) >= 11 is 2.09. The Kier molecular flexibility index (Phi) is 9.03. The highest BCUT2D eigenvalue weighted by Gasteiger charge is 2.37. The summed E-state index contributed by atoms with van der Waals surface area (Å²) in [6, 6.07) is 5.88. The molecule has 1 atom stereocenters. The Morgan fingerprint density at radius 3 is 2.67 bits per heavy atom. The standard InChI is InChI=1S/C23H25F2IN4O5S/c1-3-9-35-29-23(32)16-11-18(36(33,34)30-8-4-5-14(12-30)22(27)31)19(24)20(25)21(16)28-17-7-6-15(26)10-13(17)2/h3,6-7,10-11,14,28H,1,4-5,8-9,12H2,2H3,(H2,27,31)(H,29,32). The van der Waals surface area contributed by atoms with E-state index in [1.807, 2.05) is 0 Å². The molecule has 4 N–H and O–H groups in total. The van der Waals surface area contributed by atoms with Crippen LogP contribution in [0, 0.1) is 28.0 Å². The summed E-state index contributed by atoms with van der Waals surface area (Å²) in [4.78, 5) is 28.3. The lowest BCUT2D eigenvalue weighted by Gasteiger charge is -2.30. The van der Waals surface area contributed by atoms with Crippen LogP contribution in [0.5, 0.6) is 0 Å². The number of hydrogen-bond acceptors (Lipinski definition) is 6. The average Bonchev–Trinajstić information content (AvgIpc) is 2.83. The number of halogens is 3. The molecule has 0 spiro atoms. The van der Waals surface area contributed by atoms with Crippen molar-refractivity contribution in [3.05, 3.63) is 63.3 Å². The predicted molar refractivity (Wildman–Crippen MR) is 138 cm³/mol. The molecule has 2 amide bonds. The van der Waals surface area contributed by atoms with E-state index in [4.69, 9.17) is 10.6 Å². The molecule has 3 rings (SSSR count). The molecule has 194 valence electrons. The monoisotopic (exact) mass is 634 g/mol. The van der Waals surface area contributed by atoms with Gasteiger partial charge in [-0.2, -0.15) is 4.31 Å². The van der Waals surface area contributed by atoms with Crippen molar-refractivity contribution in [2.75, 3.05) is 25.0 Å². The second kappa shape index (κ2) is 11.6. The largest absolute Gasteiger partial charge is 0.369 e. The topological polar surface area (TPSA) is 131 Å². The van der Waals surface area contributed by atoms with Crippen LogP contribution in [-0.4, -0.2) is 44.2 Å². The van der Waals surface area contributed by atoms with Crippen molar-refractivity contribution in [2.24, 2.45) is 11.7 Å². The van der Waals surface area contributed by atoms with Crippen LogP contribution in [0.25, 0.3) is 0 Å². The minimum atomic E-state index is -4.62. The van der Waals surface area contributed by atoms with Crippen LogP contribution >= 0.6 is 22.6 Å². The van der Waals surface area contributed by atoms with Crippen LogP contribution in [-0.2, 0) is 19.7 Å². The van der Waals surface area contributed by atoms with Crippen molar-refractivity contribution in [3.63, 3.8) is 0 Å². The summed E-state index contributed by atoms with van der Waals surface area (Å²) in [6.07, 6.45) is 2.04. The molecule has 2 aromatic rings. The van der Waals surface area contributed by atoms with Gasteiger partial charge in [-0.15, -0.1) is 6.58 Å². The molecule has 1 aliphatic rings. The first kappa shape index (κ1) is 28.0. The Morgan fingerprint density at radius 1 is 1.31 bits per heavy atom. The smallest absolute Gasteiger partial charge is 0.277 e. The molecule has 1 aliphatic heterocycles. The zero-order valence-electron chi connectivity index (χ0n) is 19.3. The summed E-state index contributed by atoms with van der Waals surface area (Å²) in [5, 5.41) is 2.70. The number of anilines is 2. The third kappa shape index (κ3) is 6.02. The Morgan fingerprint density at radius 2 is 2.03 bits per heavy atom. The highest BCUT2D eigenvalue weighted by Crippen LogP contribution is 2.34. The van der Waals surface area contributed by atoms with Crippen LogP contribution in [0.3, 0.4) is 0 Å².